The van der Waals surface area contributed by atoms with Gasteiger partial charge in [-0.05, 0) is 13.5 Å². The van der Waals surface area contributed by atoms with Crippen molar-refractivity contribution < 1.29 is 9.63 Å². The molecule has 0 unspecified atom stereocenters. The highest BCUT2D eigenvalue weighted by Gasteiger charge is 1.97. The van der Waals surface area contributed by atoms with Crippen molar-refractivity contribution in [2.45, 2.75) is 20.3 Å². The third-order valence-corrected chi connectivity index (χ3v) is 1.11. The highest BCUT2D eigenvalue weighted by atomic mass is 16.6. The summed E-state index contributed by atoms with van der Waals surface area (Å²) in [5.74, 6) is -0.0761. The Morgan fingerprint density at radius 3 is 2.73 bits per heavy atom. The molecule has 4 heteroatoms. The average Bonchev–Trinajstić information content (AvgIpc) is 2.01. The standard InChI is InChI=1S/C7H16N2O2/c1-3-8-6-5-7(10)9-11-4-2/h8H,3-6H2,1-2H3,(H,9,10). The number of amides is 1. The van der Waals surface area contributed by atoms with Gasteiger partial charge in [0, 0.05) is 13.0 Å². The summed E-state index contributed by atoms with van der Waals surface area (Å²) in [6.07, 6.45) is 0.466. The smallest absolute Gasteiger partial charge is 0.244 e. The van der Waals surface area contributed by atoms with Gasteiger partial charge in [-0.2, -0.15) is 0 Å². The van der Waals surface area contributed by atoms with Gasteiger partial charge in [0.05, 0.1) is 6.61 Å². The van der Waals surface area contributed by atoms with Gasteiger partial charge in [-0.1, -0.05) is 6.92 Å². The van der Waals surface area contributed by atoms with Crippen LogP contribution in [0.25, 0.3) is 0 Å². The van der Waals surface area contributed by atoms with E-state index in [4.69, 9.17) is 4.84 Å². The van der Waals surface area contributed by atoms with Crippen molar-refractivity contribution in [3.05, 3.63) is 0 Å². The van der Waals surface area contributed by atoms with Crippen LogP contribution in [-0.2, 0) is 9.63 Å². The summed E-state index contributed by atoms with van der Waals surface area (Å²) < 4.78 is 0. The van der Waals surface area contributed by atoms with Gasteiger partial charge in [0.25, 0.3) is 0 Å². The molecule has 4 nitrogen and oxygen atoms in total. The molecule has 0 heterocycles. The largest absolute Gasteiger partial charge is 0.316 e. The van der Waals surface area contributed by atoms with Crippen molar-refractivity contribution in [1.29, 1.82) is 0 Å². The molecule has 66 valence electrons. The van der Waals surface area contributed by atoms with Gasteiger partial charge in [0.15, 0.2) is 0 Å². The van der Waals surface area contributed by atoms with Crippen LogP contribution in [0, 0.1) is 0 Å². The number of rotatable bonds is 6. The van der Waals surface area contributed by atoms with Gasteiger partial charge in [-0.3, -0.25) is 9.63 Å². The monoisotopic (exact) mass is 160 g/mol. The molecular weight excluding hydrogens is 144 g/mol. The summed E-state index contributed by atoms with van der Waals surface area (Å²) in [6.45, 7) is 5.93. The second-order valence-corrected chi connectivity index (χ2v) is 2.06. The van der Waals surface area contributed by atoms with Gasteiger partial charge >= 0.3 is 0 Å². The van der Waals surface area contributed by atoms with Crippen LogP contribution in [0.3, 0.4) is 0 Å². The Labute approximate surface area is 67.3 Å². The van der Waals surface area contributed by atoms with Crippen LogP contribution in [0.15, 0.2) is 0 Å². The number of hydrogen-bond acceptors (Lipinski definition) is 3. The second-order valence-electron chi connectivity index (χ2n) is 2.06. The molecule has 0 aliphatic rings. The summed E-state index contributed by atoms with van der Waals surface area (Å²) in [7, 11) is 0. The molecular formula is C7H16N2O2. The van der Waals surface area contributed by atoms with Crippen LogP contribution in [0.2, 0.25) is 0 Å². The van der Waals surface area contributed by atoms with Crippen LogP contribution in [0.1, 0.15) is 20.3 Å². The summed E-state index contributed by atoms with van der Waals surface area (Å²) in [4.78, 5) is 15.5. The lowest BCUT2D eigenvalue weighted by atomic mass is 10.4. The highest BCUT2D eigenvalue weighted by molar-refractivity contribution is 5.74. The van der Waals surface area contributed by atoms with Crippen LogP contribution in [0.5, 0.6) is 0 Å². The van der Waals surface area contributed by atoms with Gasteiger partial charge in [0.2, 0.25) is 5.91 Å². The minimum atomic E-state index is -0.0761. The fourth-order valence-electron chi connectivity index (χ4n) is 0.582. The van der Waals surface area contributed by atoms with Gasteiger partial charge in [0.1, 0.15) is 0 Å². The molecule has 11 heavy (non-hydrogen) atoms. The number of nitrogens with one attached hydrogen (secondary N) is 2. The fourth-order valence-corrected chi connectivity index (χ4v) is 0.582. The van der Waals surface area contributed by atoms with Crippen molar-refractivity contribution >= 4 is 5.91 Å². The molecule has 0 saturated heterocycles. The van der Waals surface area contributed by atoms with E-state index in [2.05, 4.69) is 10.8 Å². The van der Waals surface area contributed by atoms with E-state index >= 15 is 0 Å². The summed E-state index contributed by atoms with van der Waals surface area (Å²) >= 11 is 0. The van der Waals surface area contributed by atoms with E-state index < -0.39 is 0 Å². The maximum atomic E-state index is 10.8. The van der Waals surface area contributed by atoms with E-state index in [-0.39, 0.29) is 5.91 Å². The molecule has 0 fully saturated rings. The molecule has 0 radical (unpaired) electrons. The van der Waals surface area contributed by atoms with Crippen molar-refractivity contribution in [3.63, 3.8) is 0 Å². The van der Waals surface area contributed by atoms with Gasteiger partial charge in [-0.15, -0.1) is 0 Å². The summed E-state index contributed by atoms with van der Waals surface area (Å²) in [5, 5.41) is 3.04. The number of hydrogen-bond donors (Lipinski definition) is 2. The van der Waals surface area contributed by atoms with Crippen molar-refractivity contribution in [1.82, 2.24) is 10.8 Å². The molecule has 0 saturated carbocycles. The molecule has 0 atom stereocenters. The zero-order valence-electron chi connectivity index (χ0n) is 7.14. The Balaban J connectivity index is 3.09. The SMILES string of the molecule is CCNCCC(=O)NOCC. The predicted molar refractivity (Wildman–Crippen MR) is 42.9 cm³/mol. The van der Waals surface area contributed by atoms with E-state index in [9.17, 15) is 4.79 Å². The molecule has 0 aliphatic heterocycles. The van der Waals surface area contributed by atoms with Crippen molar-refractivity contribution in [2.24, 2.45) is 0 Å². The minimum Gasteiger partial charge on any atom is -0.316 e. The summed E-state index contributed by atoms with van der Waals surface area (Å²) in [6, 6.07) is 0. The maximum absolute atomic E-state index is 10.8. The lowest BCUT2D eigenvalue weighted by molar-refractivity contribution is -0.133. The molecule has 2 N–H and O–H groups in total. The topological polar surface area (TPSA) is 50.4 Å². The van der Waals surface area contributed by atoms with Gasteiger partial charge < -0.3 is 5.32 Å². The van der Waals surface area contributed by atoms with Crippen LogP contribution in [0.4, 0.5) is 0 Å². The highest BCUT2D eigenvalue weighted by Crippen LogP contribution is 1.76. The number of carbonyl (C=O) groups is 1. The molecule has 0 spiro atoms. The molecule has 1 amide bonds. The molecule has 0 aromatic carbocycles. The Kier molecular flexibility index (Phi) is 7.08. The average molecular weight is 160 g/mol. The lowest BCUT2D eigenvalue weighted by Crippen LogP contribution is -2.27. The Morgan fingerprint density at radius 1 is 1.45 bits per heavy atom. The first-order valence-corrected chi connectivity index (χ1v) is 3.92. The molecule has 0 rings (SSSR count). The van der Waals surface area contributed by atoms with E-state index in [0.717, 1.165) is 6.54 Å². The van der Waals surface area contributed by atoms with Crippen LogP contribution >= 0.6 is 0 Å². The lowest BCUT2D eigenvalue weighted by Gasteiger charge is -2.03. The van der Waals surface area contributed by atoms with E-state index in [0.29, 0.717) is 19.6 Å². The first kappa shape index (κ1) is 10.4. The molecule has 0 aliphatic carbocycles. The predicted octanol–water partition coefficient (Wildman–Crippen LogP) is 0.0537. The number of hydroxylamine groups is 1. The third kappa shape index (κ3) is 7.29. The zero-order chi connectivity index (χ0) is 8.53. The Bertz CT molecular complexity index is 107. The molecule has 0 aromatic heterocycles. The van der Waals surface area contributed by atoms with Crippen molar-refractivity contribution in [2.75, 3.05) is 19.7 Å². The van der Waals surface area contributed by atoms with E-state index in [1.54, 1.807) is 0 Å². The maximum Gasteiger partial charge on any atom is 0.244 e. The normalized spacial score (nSPS) is 9.64. The first-order chi connectivity index (χ1) is 5.31. The number of carbonyl (C=O) groups excluding carboxylic acids is 1. The Hall–Kier alpha value is -0.610. The van der Waals surface area contributed by atoms with Crippen LogP contribution < -0.4 is 10.8 Å². The molecule has 0 bridgehead atoms. The van der Waals surface area contributed by atoms with E-state index in [1.807, 2.05) is 13.8 Å². The van der Waals surface area contributed by atoms with Crippen molar-refractivity contribution in [3.8, 4) is 0 Å². The third-order valence-electron chi connectivity index (χ3n) is 1.11. The summed E-state index contributed by atoms with van der Waals surface area (Å²) in [5.41, 5.74) is 2.31. The van der Waals surface area contributed by atoms with Gasteiger partial charge in [-0.25, -0.2) is 5.48 Å². The van der Waals surface area contributed by atoms with Crippen LogP contribution in [-0.4, -0.2) is 25.6 Å². The zero-order valence-corrected chi connectivity index (χ0v) is 7.14. The quantitative estimate of drug-likeness (QED) is 0.426. The first-order valence-electron chi connectivity index (χ1n) is 3.92. The Morgan fingerprint density at radius 2 is 2.18 bits per heavy atom. The molecule has 0 aromatic rings. The minimum absolute atomic E-state index is 0.0761. The fraction of sp³-hybridized carbons (Fsp3) is 0.857. The second kappa shape index (κ2) is 7.50. The van der Waals surface area contributed by atoms with E-state index in [1.165, 1.54) is 0 Å².